The van der Waals surface area contributed by atoms with Crippen molar-refractivity contribution >= 4 is 0 Å². The van der Waals surface area contributed by atoms with Gasteiger partial charge in [0.25, 0.3) is 5.92 Å². The van der Waals surface area contributed by atoms with Crippen molar-refractivity contribution in [2.24, 2.45) is 0 Å². The van der Waals surface area contributed by atoms with E-state index in [-0.39, 0.29) is 34.9 Å². The second-order valence-corrected chi connectivity index (χ2v) is 21.4. The van der Waals surface area contributed by atoms with Crippen molar-refractivity contribution in [3.63, 3.8) is 0 Å². The normalized spacial score (nSPS) is 10.7. The first kappa shape index (κ1) is 94.1. The lowest BCUT2D eigenvalue weighted by atomic mass is 10.1. The lowest BCUT2D eigenvalue weighted by Gasteiger charge is -2.14. The zero-order valence-corrected chi connectivity index (χ0v) is 58.8. The van der Waals surface area contributed by atoms with Gasteiger partial charge < -0.3 is 33.2 Å². The van der Waals surface area contributed by atoms with Gasteiger partial charge in [-0.2, -0.15) is 39.5 Å². The lowest BCUT2D eigenvalue weighted by Crippen LogP contribution is -2.17. The van der Waals surface area contributed by atoms with E-state index in [9.17, 15) is 92.2 Å². The second-order valence-electron chi connectivity index (χ2n) is 21.4. The summed E-state index contributed by atoms with van der Waals surface area (Å²) in [6, 6.07) is 46.2. The SMILES string of the molecule is CC(F)(F)c1ccc(C(F)(F)F)cc1.CCCCOc1cccc(F)c1.CCCCOc1ccccc1F.CCCOc1cccc(F)c1.CCCOc1ccccc1F.CCOc1ccccc1F.COc1cc(C)ccc1F.FC(F)(F)c1ccccc1C(F)(F)F.Fc1ccccc1OC(F)(F)F. The van der Waals surface area contributed by atoms with Crippen LogP contribution in [0.25, 0.3) is 0 Å². The van der Waals surface area contributed by atoms with Crippen molar-refractivity contribution < 1.29 is 125 Å². The van der Waals surface area contributed by atoms with Gasteiger partial charge in [-0.3, -0.25) is 0 Å². The van der Waals surface area contributed by atoms with E-state index in [4.69, 9.17) is 28.4 Å². The predicted octanol–water partition coefficient (Wildman–Crippen LogP) is 25.9. The summed E-state index contributed by atoms with van der Waals surface area (Å²) in [5.74, 6) is -4.10. The molecule has 0 spiro atoms. The molecule has 0 amide bonds. The summed E-state index contributed by atoms with van der Waals surface area (Å²) in [5.41, 5.74) is -3.67. The standard InChI is InChI=1S/2C10H13FO.C9H7F5.2C9H11FO.C8H4F6.2C8H9FO.C7H4F4O/c1-2-3-8-12-10-7-5-4-6-9(10)11;1-2-3-7-12-10-6-4-5-9(11)8-10;1-8(10,11)6-2-4-7(5-3-6)9(12,13)14;1-2-7-11-9-6-4-3-5-8(9)10;1-2-6-11-9-5-3-4-8(10)7-9;9-7(10,11)5-3-1-2-4-6(5)8(12,13)14;1-6-3-4-7(9)8(5-6)10-2;1-2-10-8-6-4-3-5-7(8)9;8-5-3-1-2-4-6(5)12-7(9,10)11/h4-7H,2-3,8H2,1H3;4-6,8H,2-3,7H2,1H3;2-5H,1H3;3-6H,2,7H2,1H3;3-5,7H,2,6H2,1H3;1-4H;3-5H,1-2H3;3-6H,2H2,1H3;1-4H. The smallest absolute Gasteiger partial charge is 0.494 e. The number of benzene rings is 9. The summed E-state index contributed by atoms with van der Waals surface area (Å²) in [7, 11) is 1.46. The molecule has 0 atom stereocenters. The van der Waals surface area contributed by atoms with Crippen LogP contribution in [0.3, 0.4) is 0 Å². The number of alkyl halides is 14. The number of halogens is 21. The van der Waals surface area contributed by atoms with Gasteiger partial charge in [-0.1, -0.05) is 132 Å². The molecule has 28 heteroatoms. The molecular weight excluding hydrogens is 1450 g/mol. The van der Waals surface area contributed by atoms with Crippen LogP contribution in [0.2, 0.25) is 0 Å². The monoisotopic (exact) mass is 1530 g/mol. The van der Waals surface area contributed by atoms with Crippen LogP contribution in [0.1, 0.15) is 108 Å². The summed E-state index contributed by atoms with van der Waals surface area (Å²) >= 11 is 0. The minimum absolute atomic E-state index is 0.246. The van der Waals surface area contributed by atoms with Crippen molar-refractivity contribution in [1.82, 2.24) is 0 Å². The van der Waals surface area contributed by atoms with Crippen LogP contribution < -0.4 is 33.2 Å². The molecule has 9 aromatic carbocycles. The van der Waals surface area contributed by atoms with Gasteiger partial charge in [-0.05, 0) is 154 Å². The molecule has 9 aromatic rings. The Balaban J connectivity index is 0.000000597. The maximum Gasteiger partial charge on any atom is 0.573 e. The van der Waals surface area contributed by atoms with Crippen LogP contribution in [-0.2, 0) is 24.5 Å². The average Bonchev–Trinajstić information content (AvgIpc) is 0.805. The van der Waals surface area contributed by atoms with Crippen LogP contribution >= 0.6 is 0 Å². The van der Waals surface area contributed by atoms with E-state index in [2.05, 4.69) is 18.6 Å². The molecule has 0 heterocycles. The highest BCUT2D eigenvalue weighted by atomic mass is 19.4. The number of rotatable bonds is 19. The summed E-state index contributed by atoms with van der Waals surface area (Å²) in [5, 5.41) is 0. The fourth-order valence-electron chi connectivity index (χ4n) is 7.40. The van der Waals surface area contributed by atoms with Crippen molar-refractivity contribution in [2.45, 2.75) is 118 Å². The molecule has 0 saturated heterocycles. The summed E-state index contributed by atoms with van der Waals surface area (Å²) in [4.78, 5) is 0. The minimum atomic E-state index is -4.98. The maximum absolute atomic E-state index is 12.9. The van der Waals surface area contributed by atoms with Gasteiger partial charge in [-0.15, -0.1) is 13.2 Å². The Morgan fingerprint density at radius 2 is 0.660 bits per heavy atom. The highest BCUT2D eigenvalue weighted by Gasteiger charge is 2.42. The van der Waals surface area contributed by atoms with E-state index < -0.39 is 64.6 Å². The minimum Gasteiger partial charge on any atom is -0.494 e. The first-order valence-electron chi connectivity index (χ1n) is 32.3. The molecule has 0 bridgehead atoms. The van der Waals surface area contributed by atoms with Gasteiger partial charge in [0.15, 0.2) is 57.8 Å². The fourth-order valence-corrected chi connectivity index (χ4v) is 7.40. The summed E-state index contributed by atoms with van der Waals surface area (Å²) < 4.78 is 291. The number of hydrogen-bond donors (Lipinski definition) is 0. The first-order valence-corrected chi connectivity index (χ1v) is 32.3. The van der Waals surface area contributed by atoms with Gasteiger partial charge in [0.1, 0.15) is 23.1 Å². The average molecular weight is 1530 g/mol. The number of hydrogen-bond acceptors (Lipinski definition) is 7. The Bertz CT molecular complexity index is 3760. The molecule has 582 valence electrons. The number of aryl methyl sites for hydroxylation is 1. The molecule has 106 heavy (non-hydrogen) atoms. The molecule has 7 nitrogen and oxygen atoms in total. The number of unbranched alkanes of at least 4 members (excludes halogenated alkanes) is 2. The zero-order valence-electron chi connectivity index (χ0n) is 58.8. The van der Waals surface area contributed by atoms with Gasteiger partial charge >= 0.3 is 24.9 Å². The van der Waals surface area contributed by atoms with Crippen LogP contribution in [0.4, 0.5) is 92.2 Å². The molecule has 0 saturated carbocycles. The van der Waals surface area contributed by atoms with Crippen LogP contribution in [0, 0.1) is 47.6 Å². The molecule has 0 aliphatic rings. The predicted molar refractivity (Wildman–Crippen MR) is 364 cm³/mol. The second kappa shape index (κ2) is 49.8. The Hall–Kier alpha value is -9.89. The van der Waals surface area contributed by atoms with Crippen molar-refractivity contribution in [2.75, 3.05) is 40.1 Å². The lowest BCUT2D eigenvalue weighted by molar-refractivity contribution is -0.275. The third-order valence-electron chi connectivity index (χ3n) is 12.5. The third-order valence-corrected chi connectivity index (χ3v) is 12.5. The number of ether oxygens (including phenoxy) is 7. The first-order chi connectivity index (χ1) is 49.8. The van der Waals surface area contributed by atoms with Crippen molar-refractivity contribution in [1.29, 1.82) is 0 Å². The largest absolute Gasteiger partial charge is 0.573 e. The molecule has 0 radical (unpaired) electrons. The van der Waals surface area contributed by atoms with Crippen molar-refractivity contribution in [3.05, 3.63) is 281 Å². The zero-order chi connectivity index (χ0) is 79.9. The van der Waals surface area contributed by atoms with E-state index in [1.165, 1.54) is 67.8 Å². The highest BCUT2D eigenvalue weighted by Crippen LogP contribution is 2.40. The molecule has 0 aliphatic heterocycles. The summed E-state index contributed by atoms with van der Waals surface area (Å²) in [6.07, 6.45) is -13.3. The van der Waals surface area contributed by atoms with Crippen LogP contribution in [0.5, 0.6) is 40.2 Å². The van der Waals surface area contributed by atoms with E-state index in [0.29, 0.717) is 98.7 Å². The quantitative estimate of drug-likeness (QED) is 0.0590. The Kier molecular flexibility index (Phi) is 44.2. The molecular formula is C78H81F21O7. The van der Waals surface area contributed by atoms with E-state index in [0.717, 1.165) is 80.5 Å². The van der Waals surface area contributed by atoms with E-state index in [1.807, 2.05) is 27.7 Å². The molecule has 9 rings (SSSR count). The third kappa shape index (κ3) is 41.6. The van der Waals surface area contributed by atoms with Crippen molar-refractivity contribution in [3.8, 4) is 40.2 Å². The molecule has 0 aromatic heterocycles. The fraction of sp³-hybridized carbons (Fsp3) is 0.308. The van der Waals surface area contributed by atoms with E-state index in [1.54, 1.807) is 91.0 Å². The Morgan fingerprint density at radius 3 is 1.00 bits per heavy atom. The molecule has 0 fully saturated rings. The van der Waals surface area contributed by atoms with Gasteiger partial charge in [0.05, 0.1) is 56.8 Å². The Morgan fingerprint density at radius 1 is 0.311 bits per heavy atom. The molecule has 0 aliphatic carbocycles. The molecule has 0 N–H and O–H groups in total. The van der Waals surface area contributed by atoms with Crippen LogP contribution in [0.15, 0.2) is 212 Å². The maximum atomic E-state index is 12.9. The van der Waals surface area contributed by atoms with E-state index >= 15 is 0 Å². The van der Waals surface area contributed by atoms with Gasteiger partial charge in [0.2, 0.25) is 0 Å². The van der Waals surface area contributed by atoms with Gasteiger partial charge in [-0.25, -0.2) is 39.5 Å². The molecule has 0 unspecified atom stereocenters. The van der Waals surface area contributed by atoms with Gasteiger partial charge in [0, 0.05) is 24.6 Å². The number of methoxy groups -OCH3 is 1. The van der Waals surface area contributed by atoms with Crippen LogP contribution in [-0.4, -0.2) is 46.5 Å². The number of para-hydroxylation sites is 4. The Labute approximate surface area is 602 Å². The topological polar surface area (TPSA) is 64.6 Å². The summed E-state index contributed by atoms with van der Waals surface area (Å²) in [6.45, 7) is 15.5. The highest BCUT2D eigenvalue weighted by molar-refractivity contribution is 5.33.